The summed E-state index contributed by atoms with van der Waals surface area (Å²) in [4.78, 5) is 14.1. The number of hydrogen-bond acceptors (Lipinski definition) is 3. The Balaban J connectivity index is 1.78. The maximum Gasteiger partial charge on any atom is 0.227 e. The molecule has 98 valence electrons. The Hall–Kier alpha value is -0.610. The molecule has 0 bridgehead atoms. The van der Waals surface area contributed by atoms with E-state index < -0.39 is 0 Å². The lowest BCUT2D eigenvalue weighted by Gasteiger charge is -2.29. The average molecular weight is 240 g/mol. The van der Waals surface area contributed by atoms with E-state index in [1.165, 1.54) is 19.3 Å². The van der Waals surface area contributed by atoms with E-state index in [2.05, 4.69) is 5.32 Å². The average Bonchev–Trinajstić information content (AvgIpc) is 2.76. The molecule has 2 rings (SSSR count). The van der Waals surface area contributed by atoms with Crippen LogP contribution >= 0.6 is 0 Å². The number of hydrogen-bond donors (Lipinski definition) is 1. The summed E-state index contributed by atoms with van der Waals surface area (Å²) in [6.45, 7) is 4.57. The zero-order valence-electron chi connectivity index (χ0n) is 10.9. The number of ether oxygens (including phenoxy) is 1. The van der Waals surface area contributed by atoms with Gasteiger partial charge in [-0.3, -0.25) is 4.79 Å². The second-order valence-corrected chi connectivity index (χ2v) is 5.44. The van der Waals surface area contributed by atoms with Crippen LogP contribution in [0.3, 0.4) is 0 Å². The molecule has 4 heteroatoms. The molecule has 2 saturated heterocycles. The Labute approximate surface area is 104 Å². The molecule has 0 aliphatic carbocycles. The lowest BCUT2D eigenvalue weighted by molar-refractivity contribution is -0.134. The van der Waals surface area contributed by atoms with Gasteiger partial charge in [0.05, 0.1) is 18.6 Å². The minimum Gasteiger partial charge on any atom is -0.378 e. The van der Waals surface area contributed by atoms with Gasteiger partial charge in [0.25, 0.3) is 0 Å². The molecule has 3 unspecified atom stereocenters. The molecule has 0 aromatic carbocycles. The van der Waals surface area contributed by atoms with Crippen molar-refractivity contribution >= 4 is 5.91 Å². The molecule has 0 aromatic heterocycles. The molecule has 3 atom stereocenters. The molecule has 17 heavy (non-hydrogen) atoms. The molecule has 0 radical (unpaired) electrons. The van der Waals surface area contributed by atoms with Gasteiger partial charge in [-0.05, 0) is 32.7 Å². The Morgan fingerprint density at radius 3 is 2.88 bits per heavy atom. The molecule has 0 spiro atoms. The van der Waals surface area contributed by atoms with Crippen molar-refractivity contribution in [3.63, 3.8) is 0 Å². The summed E-state index contributed by atoms with van der Waals surface area (Å²) in [7, 11) is 1.92. The van der Waals surface area contributed by atoms with Crippen LogP contribution in [0.25, 0.3) is 0 Å². The summed E-state index contributed by atoms with van der Waals surface area (Å²) in [6, 6.07) is 0.484. The van der Waals surface area contributed by atoms with Gasteiger partial charge in [0.1, 0.15) is 0 Å². The van der Waals surface area contributed by atoms with E-state index in [-0.39, 0.29) is 17.9 Å². The van der Waals surface area contributed by atoms with Crippen LogP contribution < -0.4 is 5.32 Å². The second-order valence-electron chi connectivity index (χ2n) is 5.44. The summed E-state index contributed by atoms with van der Waals surface area (Å²) < 4.78 is 5.46. The van der Waals surface area contributed by atoms with E-state index in [0.717, 1.165) is 19.5 Å². The molecule has 0 saturated carbocycles. The van der Waals surface area contributed by atoms with Gasteiger partial charge in [-0.15, -0.1) is 0 Å². The van der Waals surface area contributed by atoms with Crippen molar-refractivity contribution in [1.82, 2.24) is 10.2 Å². The first-order valence-corrected chi connectivity index (χ1v) is 6.77. The van der Waals surface area contributed by atoms with Gasteiger partial charge in [-0.25, -0.2) is 0 Å². The molecule has 1 amide bonds. The van der Waals surface area contributed by atoms with E-state index in [4.69, 9.17) is 4.74 Å². The van der Waals surface area contributed by atoms with E-state index in [1.807, 2.05) is 18.9 Å². The summed E-state index contributed by atoms with van der Waals surface area (Å²) in [5.74, 6) is 0.334. The van der Waals surface area contributed by atoms with E-state index in [0.29, 0.717) is 12.6 Å². The van der Waals surface area contributed by atoms with Gasteiger partial charge in [0.2, 0.25) is 5.91 Å². The topological polar surface area (TPSA) is 41.6 Å². The largest absolute Gasteiger partial charge is 0.378 e. The van der Waals surface area contributed by atoms with Crippen molar-refractivity contribution in [2.45, 2.75) is 44.8 Å². The van der Waals surface area contributed by atoms with Gasteiger partial charge < -0.3 is 15.0 Å². The Kier molecular flexibility index (Phi) is 4.40. The SMILES string of the molecule is CC1CC(C(=O)N(C)CC2CCCCN2)CO1. The van der Waals surface area contributed by atoms with Gasteiger partial charge in [0.15, 0.2) is 0 Å². The molecule has 2 fully saturated rings. The number of likely N-dealkylation sites (N-methyl/N-ethyl adjacent to an activating group) is 1. The minimum absolute atomic E-state index is 0.0820. The smallest absolute Gasteiger partial charge is 0.227 e. The van der Waals surface area contributed by atoms with Crippen LogP contribution in [0.2, 0.25) is 0 Å². The van der Waals surface area contributed by atoms with E-state index >= 15 is 0 Å². The van der Waals surface area contributed by atoms with Crippen LogP contribution in [0.1, 0.15) is 32.6 Å². The first kappa shape index (κ1) is 12.8. The van der Waals surface area contributed by atoms with Crippen LogP contribution in [0.5, 0.6) is 0 Å². The fourth-order valence-corrected chi connectivity index (χ4v) is 2.80. The third kappa shape index (κ3) is 3.42. The number of nitrogens with zero attached hydrogens (tertiary/aromatic N) is 1. The Bertz CT molecular complexity index is 264. The Morgan fingerprint density at radius 2 is 2.29 bits per heavy atom. The molecule has 2 aliphatic rings. The predicted molar refractivity (Wildman–Crippen MR) is 66.8 cm³/mol. The van der Waals surface area contributed by atoms with Crippen LogP contribution in [0.15, 0.2) is 0 Å². The number of nitrogens with one attached hydrogen (secondary N) is 1. The number of rotatable bonds is 3. The molecular formula is C13H24N2O2. The maximum absolute atomic E-state index is 12.2. The lowest BCUT2D eigenvalue weighted by atomic mass is 10.0. The van der Waals surface area contributed by atoms with Crippen molar-refractivity contribution in [3.8, 4) is 0 Å². The van der Waals surface area contributed by atoms with Gasteiger partial charge >= 0.3 is 0 Å². The highest BCUT2D eigenvalue weighted by Gasteiger charge is 2.31. The number of amides is 1. The number of piperidine rings is 1. The molecule has 0 aromatic rings. The summed E-state index contributed by atoms with van der Waals surface area (Å²) in [5, 5.41) is 3.48. The van der Waals surface area contributed by atoms with Gasteiger partial charge in [-0.2, -0.15) is 0 Å². The van der Waals surface area contributed by atoms with Crippen molar-refractivity contribution in [1.29, 1.82) is 0 Å². The van der Waals surface area contributed by atoms with E-state index in [9.17, 15) is 4.79 Å². The highest BCUT2D eigenvalue weighted by molar-refractivity contribution is 5.79. The van der Waals surface area contributed by atoms with Crippen LogP contribution in [-0.2, 0) is 9.53 Å². The second kappa shape index (κ2) is 5.83. The van der Waals surface area contributed by atoms with Crippen LogP contribution in [-0.4, -0.2) is 49.7 Å². The quantitative estimate of drug-likeness (QED) is 0.800. The first-order chi connectivity index (χ1) is 8.16. The standard InChI is InChI=1S/C13H24N2O2/c1-10-7-11(9-17-10)13(16)15(2)8-12-5-3-4-6-14-12/h10-12,14H,3-9H2,1-2H3. The summed E-state index contributed by atoms with van der Waals surface area (Å²) in [5.41, 5.74) is 0. The minimum atomic E-state index is 0.0820. The zero-order chi connectivity index (χ0) is 12.3. The molecule has 2 aliphatic heterocycles. The van der Waals surface area contributed by atoms with Gasteiger partial charge in [-0.1, -0.05) is 6.42 Å². The predicted octanol–water partition coefficient (Wildman–Crippen LogP) is 1.01. The highest BCUT2D eigenvalue weighted by atomic mass is 16.5. The number of carbonyl (C=O) groups is 1. The molecule has 1 N–H and O–H groups in total. The van der Waals surface area contributed by atoms with Crippen molar-refractivity contribution < 1.29 is 9.53 Å². The molecule has 4 nitrogen and oxygen atoms in total. The lowest BCUT2D eigenvalue weighted by Crippen LogP contribution is -2.45. The normalized spacial score (nSPS) is 33.6. The third-order valence-electron chi connectivity index (χ3n) is 3.83. The zero-order valence-corrected chi connectivity index (χ0v) is 10.9. The monoisotopic (exact) mass is 240 g/mol. The number of carbonyl (C=O) groups excluding carboxylic acids is 1. The Morgan fingerprint density at radius 1 is 1.47 bits per heavy atom. The van der Waals surface area contributed by atoms with Crippen molar-refractivity contribution in [3.05, 3.63) is 0 Å². The third-order valence-corrected chi connectivity index (χ3v) is 3.83. The van der Waals surface area contributed by atoms with Crippen LogP contribution in [0, 0.1) is 5.92 Å². The molecular weight excluding hydrogens is 216 g/mol. The van der Waals surface area contributed by atoms with Crippen molar-refractivity contribution in [2.24, 2.45) is 5.92 Å². The fourth-order valence-electron chi connectivity index (χ4n) is 2.80. The van der Waals surface area contributed by atoms with Crippen LogP contribution in [0.4, 0.5) is 0 Å². The van der Waals surface area contributed by atoms with Gasteiger partial charge in [0, 0.05) is 19.6 Å². The summed E-state index contributed by atoms with van der Waals surface area (Å²) in [6.07, 6.45) is 4.85. The fraction of sp³-hybridized carbons (Fsp3) is 0.923. The first-order valence-electron chi connectivity index (χ1n) is 6.77. The highest BCUT2D eigenvalue weighted by Crippen LogP contribution is 2.21. The van der Waals surface area contributed by atoms with Crippen molar-refractivity contribution in [2.75, 3.05) is 26.7 Å². The molecule has 2 heterocycles. The maximum atomic E-state index is 12.2. The summed E-state index contributed by atoms with van der Waals surface area (Å²) >= 11 is 0. The van der Waals surface area contributed by atoms with E-state index in [1.54, 1.807) is 0 Å².